The second-order valence-corrected chi connectivity index (χ2v) is 4.09. The van der Waals surface area contributed by atoms with Crippen molar-refractivity contribution < 1.29 is 15.0 Å². The second-order valence-electron chi connectivity index (χ2n) is 4.09. The Morgan fingerprint density at radius 2 is 2.38 bits per heavy atom. The molecule has 1 rings (SSSR count). The van der Waals surface area contributed by atoms with Crippen LogP contribution in [0.5, 0.6) is 0 Å². The van der Waals surface area contributed by atoms with Gasteiger partial charge in [-0.2, -0.15) is 5.10 Å². The van der Waals surface area contributed by atoms with Gasteiger partial charge in [0.25, 0.3) is 0 Å². The predicted octanol–water partition coefficient (Wildman–Crippen LogP) is -0.303. The molecule has 1 aromatic heterocycles. The van der Waals surface area contributed by atoms with Gasteiger partial charge in [-0.15, -0.1) is 0 Å². The highest BCUT2D eigenvalue weighted by Gasteiger charge is 2.29. The number of carboxylic acids is 1. The van der Waals surface area contributed by atoms with Crippen molar-refractivity contribution in [2.24, 2.45) is 0 Å². The highest BCUT2D eigenvalue weighted by molar-refractivity contribution is 5.76. The fourth-order valence-electron chi connectivity index (χ4n) is 1.20. The van der Waals surface area contributed by atoms with Crippen molar-refractivity contribution in [3.63, 3.8) is 0 Å². The molecule has 0 aliphatic heterocycles. The first kappa shape index (κ1) is 12.7. The molecule has 0 saturated carbocycles. The molecule has 0 fully saturated rings. The van der Waals surface area contributed by atoms with E-state index in [1.165, 1.54) is 6.92 Å². The monoisotopic (exact) mass is 227 g/mol. The van der Waals surface area contributed by atoms with Crippen molar-refractivity contribution in [3.05, 3.63) is 18.5 Å². The Morgan fingerprint density at radius 3 is 2.88 bits per heavy atom. The van der Waals surface area contributed by atoms with E-state index < -0.39 is 11.6 Å². The number of rotatable bonds is 6. The first-order valence-corrected chi connectivity index (χ1v) is 5.08. The summed E-state index contributed by atoms with van der Waals surface area (Å²) in [6, 6.07) is 1.85. The summed E-state index contributed by atoms with van der Waals surface area (Å²) >= 11 is 0. The average Bonchev–Trinajstić information content (AvgIpc) is 2.67. The van der Waals surface area contributed by atoms with E-state index >= 15 is 0 Å². The Bertz CT molecular complexity index is 335. The van der Waals surface area contributed by atoms with Crippen molar-refractivity contribution >= 4 is 5.97 Å². The summed E-state index contributed by atoms with van der Waals surface area (Å²) in [6.07, 6.45) is 3.51. The minimum atomic E-state index is -1.74. The van der Waals surface area contributed by atoms with Crippen LogP contribution < -0.4 is 5.32 Å². The van der Waals surface area contributed by atoms with Gasteiger partial charge in [-0.1, -0.05) is 0 Å². The molecule has 6 heteroatoms. The van der Waals surface area contributed by atoms with E-state index in [9.17, 15) is 9.90 Å². The zero-order valence-corrected chi connectivity index (χ0v) is 9.42. The summed E-state index contributed by atoms with van der Waals surface area (Å²) in [6.45, 7) is 3.80. The molecule has 6 nitrogen and oxygen atoms in total. The van der Waals surface area contributed by atoms with Gasteiger partial charge in [-0.3, -0.25) is 4.68 Å². The largest absolute Gasteiger partial charge is 0.479 e. The van der Waals surface area contributed by atoms with E-state index in [0.29, 0.717) is 6.54 Å². The Hall–Kier alpha value is -1.40. The second kappa shape index (κ2) is 5.09. The van der Waals surface area contributed by atoms with Gasteiger partial charge in [-0.25, -0.2) is 4.79 Å². The quantitative estimate of drug-likeness (QED) is 0.621. The lowest BCUT2D eigenvalue weighted by molar-refractivity contribution is -0.156. The van der Waals surface area contributed by atoms with Crippen LogP contribution in [0.4, 0.5) is 0 Å². The van der Waals surface area contributed by atoms with E-state index in [0.717, 1.165) is 0 Å². The minimum Gasteiger partial charge on any atom is -0.479 e. The number of hydrogen-bond acceptors (Lipinski definition) is 4. The molecule has 1 aromatic rings. The first-order chi connectivity index (χ1) is 7.42. The van der Waals surface area contributed by atoms with E-state index in [1.54, 1.807) is 10.9 Å². The van der Waals surface area contributed by atoms with Crippen molar-refractivity contribution in [2.45, 2.75) is 32.0 Å². The molecular weight excluding hydrogens is 210 g/mol. The maximum Gasteiger partial charge on any atom is 0.336 e. The predicted molar refractivity (Wildman–Crippen MR) is 58.0 cm³/mol. The van der Waals surface area contributed by atoms with Crippen molar-refractivity contribution in [1.82, 2.24) is 15.1 Å². The molecule has 0 bridgehead atoms. The molecule has 0 spiro atoms. The van der Waals surface area contributed by atoms with Gasteiger partial charge in [0.2, 0.25) is 0 Å². The van der Waals surface area contributed by atoms with Gasteiger partial charge >= 0.3 is 5.97 Å². The fourth-order valence-corrected chi connectivity index (χ4v) is 1.20. The zero-order valence-electron chi connectivity index (χ0n) is 9.42. The van der Waals surface area contributed by atoms with Gasteiger partial charge in [0.1, 0.15) is 0 Å². The van der Waals surface area contributed by atoms with Crippen LogP contribution in [0.1, 0.15) is 13.8 Å². The van der Waals surface area contributed by atoms with Gasteiger partial charge in [0, 0.05) is 25.0 Å². The Kier molecular flexibility index (Phi) is 4.03. The Morgan fingerprint density at radius 1 is 1.69 bits per heavy atom. The molecule has 16 heavy (non-hydrogen) atoms. The Labute approximate surface area is 93.9 Å². The third-order valence-corrected chi connectivity index (χ3v) is 2.28. The van der Waals surface area contributed by atoms with Crippen LogP contribution in [0.25, 0.3) is 0 Å². The summed E-state index contributed by atoms with van der Waals surface area (Å²) in [4.78, 5) is 10.6. The third kappa shape index (κ3) is 3.63. The van der Waals surface area contributed by atoms with Crippen molar-refractivity contribution in [3.8, 4) is 0 Å². The molecular formula is C10H17N3O3. The Balaban J connectivity index is 2.35. The maximum atomic E-state index is 10.6. The van der Waals surface area contributed by atoms with E-state index in [2.05, 4.69) is 10.4 Å². The summed E-state index contributed by atoms with van der Waals surface area (Å²) in [5.41, 5.74) is -1.74. The zero-order chi connectivity index (χ0) is 12.2. The highest BCUT2D eigenvalue weighted by Crippen LogP contribution is 2.02. The summed E-state index contributed by atoms with van der Waals surface area (Å²) < 4.78 is 1.74. The smallest absolute Gasteiger partial charge is 0.336 e. The van der Waals surface area contributed by atoms with Gasteiger partial charge < -0.3 is 15.5 Å². The topological polar surface area (TPSA) is 87.4 Å². The summed E-state index contributed by atoms with van der Waals surface area (Å²) in [5, 5.41) is 25.2. The van der Waals surface area contributed by atoms with Crippen LogP contribution in [0, 0.1) is 0 Å². The van der Waals surface area contributed by atoms with Crippen LogP contribution >= 0.6 is 0 Å². The van der Waals surface area contributed by atoms with E-state index in [4.69, 9.17) is 5.11 Å². The van der Waals surface area contributed by atoms with Crippen molar-refractivity contribution in [2.75, 3.05) is 6.54 Å². The molecule has 0 aliphatic carbocycles. The molecule has 0 amide bonds. The standard InChI is InChI=1S/C10H17N3O3/c1-8(6-13-5-3-4-12-13)11-7-10(2,16)9(14)15/h3-5,8,11,16H,6-7H2,1-2H3,(H,14,15). The number of nitrogens with one attached hydrogen (secondary N) is 1. The van der Waals surface area contributed by atoms with Crippen molar-refractivity contribution in [1.29, 1.82) is 0 Å². The van der Waals surface area contributed by atoms with Crippen LogP contribution in [-0.2, 0) is 11.3 Å². The number of carboxylic acid groups (broad SMARTS) is 1. The normalized spacial score (nSPS) is 16.7. The average molecular weight is 227 g/mol. The number of aliphatic hydroxyl groups is 1. The van der Waals surface area contributed by atoms with E-state index in [-0.39, 0.29) is 12.6 Å². The molecule has 90 valence electrons. The molecule has 0 saturated heterocycles. The summed E-state index contributed by atoms with van der Waals surface area (Å²) in [7, 11) is 0. The molecule has 3 N–H and O–H groups in total. The molecule has 0 aliphatic rings. The minimum absolute atomic E-state index is 0.00473. The van der Waals surface area contributed by atoms with Crippen LogP contribution in [-0.4, -0.2) is 44.2 Å². The molecule has 2 unspecified atom stereocenters. The van der Waals surface area contributed by atoms with Gasteiger partial charge in [0.05, 0.1) is 6.54 Å². The lowest BCUT2D eigenvalue weighted by Crippen LogP contribution is -2.48. The van der Waals surface area contributed by atoms with Gasteiger partial charge in [0.15, 0.2) is 5.60 Å². The first-order valence-electron chi connectivity index (χ1n) is 5.08. The van der Waals surface area contributed by atoms with Gasteiger partial charge in [-0.05, 0) is 19.9 Å². The van der Waals surface area contributed by atoms with E-state index in [1.807, 2.05) is 19.2 Å². The lowest BCUT2D eigenvalue weighted by atomic mass is 10.1. The van der Waals surface area contributed by atoms with Crippen LogP contribution in [0.15, 0.2) is 18.5 Å². The van der Waals surface area contributed by atoms with Crippen LogP contribution in [0.2, 0.25) is 0 Å². The molecule has 0 radical (unpaired) electrons. The number of carbonyl (C=O) groups is 1. The molecule has 0 aromatic carbocycles. The number of aliphatic carboxylic acids is 1. The number of nitrogens with zero attached hydrogens (tertiary/aromatic N) is 2. The highest BCUT2D eigenvalue weighted by atomic mass is 16.4. The molecule has 1 heterocycles. The number of hydrogen-bond donors (Lipinski definition) is 3. The third-order valence-electron chi connectivity index (χ3n) is 2.28. The van der Waals surface area contributed by atoms with Crippen LogP contribution in [0.3, 0.4) is 0 Å². The molecule has 2 atom stereocenters. The summed E-state index contributed by atoms with van der Waals surface area (Å²) in [5.74, 6) is -1.23. The maximum absolute atomic E-state index is 10.6. The fraction of sp³-hybridized carbons (Fsp3) is 0.600. The SMILES string of the molecule is CC(Cn1cccn1)NCC(C)(O)C(=O)O. The lowest BCUT2D eigenvalue weighted by Gasteiger charge is -2.21. The number of aromatic nitrogens is 2.